The fourth-order valence-electron chi connectivity index (χ4n) is 8.42. The number of anilines is 1. The average Bonchev–Trinajstić information content (AvgIpc) is 3.80. The number of aromatic nitrogens is 5. The van der Waals surface area contributed by atoms with Crippen molar-refractivity contribution in [2.24, 2.45) is 7.05 Å². The maximum atomic E-state index is 15.4. The topological polar surface area (TPSA) is 107 Å². The number of nitrogens with zero attached hydrogens (tertiary/aromatic N) is 6. The van der Waals surface area contributed by atoms with Crippen molar-refractivity contribution in [3.8, 4) is 16.9 Å². The number of amides is 1. The number of carbonyl (C=O) groups is 2. The second-order valence-corrected chi connectivity index (χ2v) is 15.5. The van der Waals surface area contributed by atoms with E-state index in [2.05, 4.69) is 28.6 Å². The van der Waals surface area contributed by atoms with Crippen molar-refractivity contribution in [2.45, 2.75) is 65.5 Å². The fourth-order valence-corrected chi connectivity index (χ4v) is 8.83. The molecule has 0 saturated heterocycles. The Morgan fingerprint density at radius 2 is 1.71 bits per heavy atom. The summed E-state index contributed by atoms with van der Waals surface area (Å²) in [5.41, 5.74) is 9.28. The van der Waals surface area contributed by atoms with Crippen LogP contribution in [0.2, 0.25) is 5.02 Å². The molecule has 2 atom stereocenters. The largest absolute Gasteiger partial charge is 0.494 e. The molecule has 0 radical (unpaired) electrons. The molecule has 10 nitrogen and oxygen atoms in total. The van der Waals surface area contributed by atoms with E-state index in [1.54, 1.807) is 21.7 Å². The third-order valence-electron chi connectivity index (χ3n) is 11.1. The summed E-state index contributed by atoms with van der Waals surface area (Å²) >= 11 is 13.9. The number of aromatic carboxylic acids is 1. The second-order valence-electron chi connectivity index (χ2n) is 14.6. The van der Waals surface area contributed by atoms with Gasteiger partial charge in [-0.25, -0.2) is 4.79 Å². The van der Waals surface area contributed by atoms with E-state index >= 15 is 4.79 Å². The van der Waals surface area contributed by atoms with Gasteiger partial charge in [-0.15, -0.1) is 0 Å². The maximum Gasteiger partial charge on any atom is 0.352 e. The van der Waals surface area contributed by atoms with Crippen LogP contribution >= 0.6 is 23.2 Å². The molecule has 5 heterocycles. The standard InChI is InChI=1S/C44H42Cl2N6O4/c1-24-20-31(21-25(2)38(24)45)56-19-11-16-33-32-14-10-15-34(37-26(3)48-49(6)27(37)4)40(32)51-28(5)42(46)52(43(53)41(33)51)35-17-9-12-29-22-36(44(54)55)50(39(29)35)23-30-13-7-8-18-47-30/h7-10,12-15,17-18,20-22,28,42H,11,16,19,23H2,1-6H3,(H,54,55)/t28-,42?/m1/s1. The Kier molecular flexibility index (Phi) is 9.66. The number of hydrogen-bond acceptors (Lipinski definition) is 5. The van der Waals surface area contributed by atoms with E-state index in [9.17, 15) is 9.90 Å². The van der Waals surface area contributed by atoms with E-state index in [0.717, 1.165) is 60.9 Å². The summed E-state index contributed by atoms with van der Waals surface area (Å²) < 4.78 is 12.0. The van der Waals surface area contributed by atoms with Gasteiger partial charge in [0.15, 0.2) is 0 Å². The number of benzene rings is 3. The summed E-state index contributed by atoms with van der Waals surface area (Å²) in [5, 5.41) is 17.5. The molecule has 1 unspecified atom stereocenters. The van der Waals surface area contributed by atoms with Crippen LogP contribution in [0.3, 0.4) is 0 Å². The second kappa shape index (κ2) is 14.5. The lowest BCUT2D eigenvalue weighted by Gasteiger charge is -2.39. The summed E-state index contributed by atoms with van der Waals surface area (Å²) in [4.78, 5) is 34.2. The van der Waals surface area contributed by atoms with Gasteiger partial charge in [-0.3, -0.25) is 19.4 Å². The van der Waals surface area contributed by atoms with Crippen LogP contribution in [0.25, 0.3) is 32.9 Å². The lowest BCUT2D eigenvalue weighted by atomic mass is 9.98. The molecule has 286 valence electrons. The third-order valence-corrected chi connectivity index (χ3v) is 12.2. The number of ether oxygens (including phenoxy) is 1. The number of halogens is 2. The van der Waals surface area contributed by atoms with Gasteiger partial charge in [-0.2, -0.15) is 5.10 Å². The van der Waals surface area contributed by atoms with Gasteiger partial charge in [0.1, 0.15) is 22.6 Å². The van der Waals surface area contributed by atoms with Gasteiger partial charge in [0.2, 0.25) is 0 Å². The zero-order chi connectivity index (χ0) is 39.6. The molecule has 1 amide bonds. The Balaban J connectivity index is 1.29. The minimum atomic E-state index is -1.08. The van der Waals surface area contributed by atoms with Crippen molar-refractivity contribution in [1.82, 2.24) is 23.9 Å². The Morgan fingerprint density at radius 1 is 0.964 bits per heavy atom. The number of hydrogen-bond donors (Lipinski definition) is 1. The highest BCUT2D eigenvalue weighted by Gasteiger charge is 2.42. The minimum absolute atomic E-state index is 0.0921. The third kappa shape index (κ3) is 6.12. The van der Waals surface area contributed by atoms with Crippen molar-refractivity contribution in [3.63, 3.8) is 0 Å². The first-order valence-electron chi connectivity index (χ1n) is 18.7. The van der Waals surface area contributed by atoms with E-state index in [4.69, 9.17) is 33.0 Å². The lowest BCUT2D eigenvalue weighted by Crippen LogP contribution is -2.48. The van der Waals surface area contributed by atoms with Crippen molar-refractivity contribution in [3.05, 3.63) is 129 Å². The monoisotopic (exact) mass is 788 g/mol. The maximum absolute atomic E-state index is 15.4. The average molecular weight is 790 g/mol. The summed E-state index contributed by atoms with van der Waals surface area (Å²) in [5.74, 6) is -0.591. The SMILES string of the molecule is Cc1cc(OCCCc2c3n(c4c(-c5c(C)nn(C)c5C)cccc24)[C@H](C)C(Cl)N(c2cccc4cc(C(=O)O)n(Cc5ccccn5)c24)C3=O)cc(C)c1Cl. The van der Waals surface area contributed by atoms with Crippen LogP contribution in [0.4, 0.5) is 5.69 Å². The minimum Gasteiger partial charge on any atom is -0.494 e. The highest BCUT2D eigenvalue weighted by atomic mass is 35.5. The molecule has 3 aromatic carbocycles. The molecule has 12 heteroatoms. The van der Waals surface area contributed by atoms with Gasteiger partial charge in [0.05, 0.1) is 47.3 Å². The van der Waals surface area contributed by atoms with Crippen LogP contribution in [-0.4, -0.2) is 53.0 Å². The first-order valence-corrected chi connectivity index (χ1v) is 19.5. The fraction of sp³-hybridized carbons (Fsp3) is 0.273. The Bertz CT molecular complexity index is 2670. The van der Waals surface area contributed by atoms with Gasteiger partial charge < -0.3 is 19.0 Å². The molecule has 0 spiro atoms. The predicted octanol–water partition coefficient (Wildman–Crippen LogP) is 9.82. The van der Waals surface area contributed by atoms with Gasteiger partial charge >= 0.3 is 5.97 Å². The molecule has 0 saturated carbocycles. The Hall–Kier alpha value is -5.58. The molecule has 1 aliphatic rings. The first-order chi connectivity index (χ1) is 26.9. The van der Waals surface area contributed by atoms with E-state index < -0.39 is 11.5 Å². The van der Waals surface area contributed by atoms with Crippen molar-refractivity contribution < 1.29 is 19.4 Å². The van der Waals surface area contributed by atoms with Crippen molar-refractivity contribution in [1.29, 1.82) is 0 Å². The number of aryl methyl sites for hydroxylation is 5. The van der Waals surface area contributed by atoms with Gasteiger partial charge in [-0.1, -0.05) is 59.6 Å². The molecule has 7 aromatic rings. The quantitative estimate of drug-likeness (QED) is 0.0840. The first kappa shape index (κ1) is 37.3. The summed E-state index contributed by atoms with van der Waals surface area (Å²) in [7, 11) is 1.94. The summed E-state index contributed by atoms with van der Waals surface area (Å²) in [6, 6.07) is 22.4. The van der Waals surface area contributed by atoms with Crippen LogP contribution in [0.5, 0.6) is 5.75 Å². The predicted molar refractivity (Wildman–Crippen MR) is 222 cm³/mol. The van der Waals surface area contributed by atoms with Crippen molar-refractivity contribution >= 4 is 62.6 Å². The molecule has 0 fully saturated rings. The summed E-state index contributed by atoms with van der Waals surface area (Å²) in [6.07, 6.45) is 2.87. The molecule has 1 N–H and O–H groups in total. The number of carboxylic acids is 1. The number of fused-ring (bicyclic) bond motifs is 4. The van der Waals surface area contributed by atoms with Gasteiger partial charge in [0, 0.05) is 45.9 Å². The van der Waals surface area contributed by atoms with E-state index in [-0.39, 0.29) is 24.2 Å². The highest BCUT2D eigenvalue weighted by Crippen LogP contribution is 2.46. The van der Waals surface area contributed by atoms with Gasteiger partial charge in [0.25, 0.3) is 5.91 Å². The Labute approximate surface area is 334 Å². The zero-order valence-electron chi connectivity index (χ0n) is 32.1. The van der Waals surface area contributed by atoms with Crippen LogP contribution in [0.15, 0.2) is 79.0 Å². The molecule has 8 rings (SSSR count). The smallest absolute Gasteiger partial charge is 0.352 e. The number of para-hydroxylation sites is 2. The molecule has 0 aliphatic carbocycles. The molecule has 4 aromatic heterocycles. The molecular formula is C44H42Cl2N6O4. The number of rotatable bonds is 10. The van der Waals surface area contributed by atoms with E-state index in [1.165, 1.54) is 0 Å². The van der Waals surface area contributed by atoms with Crippen LogP contribution in [-0.2, 0) is 20.0 Å². The zero-order valence-corrected chi connectivity index (χ0v) is 33.6. The lowest BCUT2D eigenvalue weighted by molar-refractivity contribution is 0.0686. The normalized spacial score (nSPS) is 15.6. The van der Waals surface area contributed by atoms with Crippen LogP contribution in [0.1, 0.15) is 74.1 Å². The summed E-state index contributed by atoms with van der Waals surface area (Å²) in [6.45, 7) is 10.6. The Morgan fingerprint density at radius 3 is 2.39 bits per heavy atom. The van der Waals surface area contributed by atoms with Gasteiger partial charge in [-0.05, 0) is 101 Å². The van der Waals surface area contributed by atoms with Crippen LogP contribution in [0, 0.1) is 27.7 Å². The number of alkyl halides is 1. The molecule has 56 heavy (non-hydrogen) atoms. The van der Waals surface area contributed by atoms with E-state index in [0.29, 0.717) is 47.4 Å². The number of pyridine rings is 1. The number of carbonyl (C=O) groups excluding carboxylic acids is 1. The molecule has 0 bridgehead atoms. The van der Waals surface area contributed by atoms with Crippen LogP contribution < -0.4 is 9.64 Å². The molecular weight excluding hydrogens is 747 g/mol. The number of carboxylic acid groups (broad SMARTS) is 1. The van der Waals surface area contributed by atoms with Crippen molar-refractivity contribution in [2.75, 3.05) is 11.5 Å². The van der Waals surface area contributed by atoms with E-state index in [1.807, 2.05) is 94.0 Å². The highest BCUT2D eigenvalue weighted by molar-refractivity contribution is 6.32. The molecule has 1 aliphatic heterocycles.